The predicted octanol–water partition coefficient (Wildman–Crippen LogP) is 2.31. The number of esters is 1. The Labute approximate surface area is 219 Å². The number of hydrogen-bond donors (Lipinski definition) is 4. The van der Waals surface area contributed by atoms with Crippen LogP contribution in [-0.2, 0) is 19.0 Å². The Balaban J connectivity index is 1.13. The van der Waals surface area contributed by atoms with Crippen LogP contribution in [0.4, 0.5) is 0 Å². The normalized spacial score (nSPS) is 53.6. The fourth-order valence-corrected chi connectivity index (χ4v) is 9.91. The van der Waals surface area contributed by atoms with Gasteiger partial charge in [-0.1, -0.05) is 13.8 Å². The molecule has 13 unspecified atom stereocenters. The van der Waals surface area contributed by atoms with Gasteiger partial charge in [-0.25, -0.2) is 4.79 Å². The first-order valence-electron chi connectivity index (χ1n) is 14.5. The molecule has 4 aliphatic carbocycles. The molecule has 0 aromatic rings. The minimum atomic E-state index is -1.41. The number of fused-ring (bicyclic) bond motifs is 5. The fourth-order valence-electron chi connectivity index (χ4n) is 9.91. The molecule has 8 nitrogen and oxygen atoms in total. The minimum absolute atomic E-state index is 0.0763. The molecule has 0 aromatic carbocycles. The third-order valence-corrected chi connectivity index (χ3v) is 11.9. The van der Waals surface area contributed by atoms with Gasteiger partial charge in [0.25, 0.3) is 0 Å². The van der Waals surface area contributed by atoms with Crippen molar-refractivity contribution in [2.24, 2.45) is 40.4 Å². The van der Waals surface area contributed by atoms with E-state index in [-0.39, 0.29) is 22.9 Å². The number of rotatable bonds is 4. The summed E-state index contributed by atoms with van der Waals surface area (Å²) in [4.78, 5) is 11.8. The molecule has 208 valence electrons. The Morgan fingerprint density at radius 1 is 0.946 bits per heavy atom. The lowest BCUT2D eigenvalue weighted by molar-refractivity contribution is -0.316. The highest BCUT2D eigenvalue weighted by Crippen LogP contribution is 2.68. The molecule has 4 N–H and O–H groups in total. The van der Waals surface area contributed by atoms with Crippen LogP contribution in [0.25, 0.3) is 0 Å². The summed E-state index contributed by atoms with van der Waals surface area (Å²) in [5.41, 5.74) is 1.75. The maximum Gasteiger partial charge on any atom is 0.331 e. The van der Waals surface area contributed by atoms with Crippen molar-refractivity contribution in [2.45, 2.75) is 108 Å². The summed E-state index contributed by atoms with van der Waals surface area (Å²) in [6.07, 6.45) is 5.71. The van der Waals surface area contributed by atoms with E-state index in [1.807, 2.05) is 0 Å². The first-order chi connectivity index (χ1) is 17.7. The van der Waals surface area contributed by atoms with Crippen LogP contribution >= 0.6 is 0 Å². The number of ether oxygens (including phenoxy) is 3. The van der Waals surface area contributed by atoms with E-state index < -0.39 is 37.3 Å². The van der Waals surface area contributed by atoms with E-state index in [0.29, 0.717) is 30.3 Å². The first kappa shape index (κ1) is 26.2. The van der Waals surface area contributed by atoms with Crippen molar-refractivity contribution in [3.63, 3.8) is 0 Å². The number of carbonyl (C=O) groups excluding carboxylic acids is 1. The number of aliphatic hydroxyl groups excluding tert-OH is 4. The largest absolute Gasteiger partial charge is 0.458 e. The Hall–Kier alpha value is -1.03. The van der Waals surface area contributed by atoms with Gasteiger partial charge >= 0.3 is 5.97 Å². The average molecular weight is 521 g/mol. The van der Waals surface area contributed by atoms with Gasteiger partial charge in [0.15, 0.2) is 6.29 Å². The molecule has 0 radical (unpaired) electrons. The Kier molecular flexibility index (Phi) is 6.77. The number of aliphatic hydroxyl groups is 4. The molecule has 0 bridgehead atoms. The summed E-state index contributed by atoms with van der Waals surface area (Å²) >= 11 is 0. The third kappa shape index (κ3) is 4.13. The van der Waals surface area contributed by atoms with Gasteiger partial charge in [0.05, 0.1) is 12.7 Å². The molecule has 4 saturated carbocycles. The molecule has 37 heavy (non-hydrogen) atoms. The molecule has 6 aliphatic rings. The molecule has 0 spiro atoms. The number of hydrogen-bond acceptors (Lipinski definition) is 8. The smallest absolute Gasteiger partial charge is 0.331 e. The summed E-state index contributed by atoms with van der Waals surface area (Å²) in [7, 11) is 0. The van der Waals surface area contributed by atoms with Gasteiger partial charge in [-0.2, -0.15) is 0 Å². The minimum Gasteiger partial charge on any atom is -0.458 e. The molecule has 5 fully saturated rings. The van der Waals surface area contributed by atoms with Crippen LogP contribution in [0.2, 0.25) is 0 Å². The SMILES string of the molecule is CC12CCC(OC3OC(CO)C(O)C(O)C3O)CC1CCC1C2CCC2(C)C(C3=CC(=O)OC3)CCC12. The standard InChI is InChI=1S/C29H44O8/c1-28-9-7-17(36-27-26(34)25(33)24(32)22(13-30)37-27)12-16(28)3-4-18-20-6-5-19(15-11-23(31)35-14-15)29(20,2)10-8-21(18)28/h11,16-22,24-27,30,32-34H,3-10,12-14H2,1-2H3. The van der Waals surface area contributed by atoms with E-state index in [1.54, 1.807) is 6.08 Å². The van der Waals surface area contributed by atoms with Gasteiger partial charge in [-0.05, 0) is 104 Å². The highest BCUT2D eigenvalue weighted by atomic mass is 16.7. The topological polar surface area (TPSA) is 126 Å². The summed E-state index contributed by atoms with van der Waals surface area (Å²) in [5.74, 6) is 2.97. The van der Waals surface area contributed by atoms with Crippen molar-refractivity contribution in [1.82, 2.24) is 0 Å². The molecule has 0 amide bonds. The Morgan fingerprint density at radius 3 is 2.43 bits per heavy atom. The van der Waals surface area contributed by atoms with Crippen molar-refractivity contribution in [1.29, 1.82) is 0 Å². The lowest BCUT2D eigenvalue weighted by Gasteiger charge is -2.61. The molecule has 0 aromatic heterocycles. The molecular weight excluding hydrogens is 476 g/mol. The van der Waals surface area contributed by atoms with Crippen molar-refractivity contribution in [2.75, 3.05) is 13.2 Å². The van der Waals surface area contributed by atoms with Gasteiger partial charge in [0, 0.05) is 6.08 Å². The van der Waals surface area contributed by atoms with E-state index >= 15 is 0 Å². The van der Waals surface area contributed by atoms with Crippen LogP contribution < -0.4 is 0 Å². The van der Waals surface area contributed by atoms with Crippen molar-refractivity contribution in [3.05, 3.63) is 11.6 Å². The summed E-state index contributed by atoms with van der Waals surface area (Å²) < 4.78 is 17.1. The second kappa shape index (κ2) is 9.56. The first-order valence-corrected chi connectivity index (χ1v) is 14.5. The number of cyclic esters (lactones) is 1. The van der Waals surface area contributed by atoms with E-state index in [1.165, 1.54) is 44.1 Å². The Morgan fingerprint density at radius 2 is 1.70 bits per heavy atom. The summed E-state index contributed by atoms with van der Waals surface area (Å²) in [6.45, 7) is 5.02. The van der Waals surface area contributed by atoms with E-state index in [0.717, 1.165) is 25.2 Å². The highest BCUT2D eigenvalue weighted by Gasteiger charge is 2.61. The monoisotopic (exact) mass is 520 g/mol. The fraction of sp³-hybridized carbons (Fsp3) is 0.897. The number of carbonyl (C=O) groups is 1. The van der Waals surface area contributed by atoms with Crippen LogP contribution in [-0.4, -0.2) is 76.4 Å². The zero-order valence-corrected chi connectivity index (χ0v) is 22.1. The highest BCUT2D eigenvalue weighted by molar-refractivity contribution is 5.85. The van der Waals surface area contributed by atoms with Crippen LogP contribution in [0.5, 0.6) is 0 Å². The van der Waals surface area contributed by atoms with Crippen LogP contribution in [0.1, 0.15) is 71.6 Å². The van der Waals surface area contributed by atoms with Gasteiger partial charge < -0.3 is 34.6 Å². The third-order valence-electron chi connectivity index (χ3n) is 11.9. The zero-order chi connectivity index (χ0) is 26.1. The average Bonchev–Trinajstić information content (AvgIpc) is 3.46. The molecule has 6 rings (SSSR count). The van der Waals surface area contributed by atoms with Gasteiger partial charge in [-0.3, -0.25) is 0 Å². The molecule has 2 heterocycles. The lowest BCUT2D eigenvalue weighted by atomic mass is 9.44. The molecule has 1 saturated heterocycles. The van der Waals surface area contributed by atoms with E-state index in [4.69, 9.17) is 14.2 Å². The maximum absolute atomic E-state index is 11.8. The van der Waals surface area contributed by atoms with Crippen molar-refractivity contribution >= 4 is 5.97 Å². The zero-order valence-electron chi connectivity index (χ0n) is 22.1. The maximum atomic E-state index is 11.8. The van der Waals surface area contributed by atoms with Gasteiger partial charge in [0.1, 0.15) is 31.0 Å². The molecule has 8 heteroatoms. The summed E-state index contributed by atoms with van der Waals surface area (Å²) in [6, 6.07) is 0. The van der Waals surface area contributed by atoms with Gasteiger partial charge in [0.2, 0.25) is 0 Å². The second-order valence-corrected chi connectivity index (χ2v) is 13.4. The van der Waals surface area contributed by atoms with Crippen LogP contribution in [0.15, 0.2) is 11.6 Å². The molecule has 2 aliphatic heterocycles. The van der Waals surface area contributed by atoms with Crippen LogP contribution in [0.3, 0.4) is 0 Å². The molecular formula is C29H44O8. The molecule has 13 atom stereocenters. The lowest BCUT2D eigenvalue weighted by Crippen LogP contribution is -2.60. The van der Waals surface area contributed by atoms with Crippen LogP contribution in [0, 0.1) is 40.4 Å². The van der Waals surface area contributed by atoms with E-state index in [9.17, 15) is 25.2 Å². The van der Waals surface area contributed by atoms with Crippen molar-refractivity contribution in [3.8, 4) is 0 Å². The summed E-state index contributed by atoms with van der Waals surface area (Å²) in [5, 5.41) is 40.2. The second-order valence-electron chi connectivity index (χ2n) is 13.4. The van der Waals surface area contributed by atoms with Gasteiger partial charge in [-0.15, -0.1) is 0 Å². The Bertz CT molecular complexity index is 920. The quantitative estimate of drug-likeness (QED) is 0.329. The predicted molar refractivity (Wildman–Crippen MR) is 133 cm³/mol. The van der Waals surface area contributed by atoms with E-state index in [2.05, 4.69) is 13.8 Å². The van der Waals surface area contributed by atoms with Crippen molar-refractivity contribution < 1.29 is 39.4 Å².